The molecule has 0 fully saturated rings. The topological polar surface area (TPSA) is 109 Å². The van der Waals surface area contributed by atoms with E-state index in [2.05, 4.69) is 10.0 Å². The number of anilines is 2. The zero-order chi connectivity index (χ0) is 21.5. The van der Waals surface area contributed by atoms with Crippen molar-refractivity contribution >= 4 is 38.9 Å². The Kier molecular flexibility index (Phi) is 4.71. The summed E-state index contributed by atoms with van der Waals surface area (Å²) in [5.74, 6) is -0.944. The normalized spacial score (nSPS) is 12.7. The van der Waals surface area contributed by atoms with Crippen molar-refractivity contribution in [2.75, 3.05) is 10.0 Å². The molecule has 7 nitrogen and oxygen atoms in total. The maximum atomic E-state index is 12.8. The molecule has 0 spiro atoms. The second kappa shape index (κ2) is 7.23. The fourth-order valence-electron chi connectivity index (χ4n) is 3.28. The predicted molar refractivity (Wildman–Crippen MR) is 111 cm³/mol. The van der Waals surface area contributed by atoms with Crippen LogP contribution in [0.1, 0.15) is 38.8 Å². The van der Waals surface area contributed by atoms with E-state index in [1.54, 1.807) is 36.4 Å². The van der Waals surface area contributed by atoms with E-state index in [-0.39, 0.29) is 39.0 Å². The molecule has 0 radical (unpaired) electrons. The molecule has 1 aliphatic rings. The molecule has 0 saturated heterocycles. The number of nitrogens with one attached hydrogen (secondary N) is 2. The van der Waals surface area contributed by atoms with Crippen molar-refractivity contribution in [1.29, 1.82) is 0 Å². The summed E-state index contributed by atoms with van der Waals surface area (Å²) in [7, 11) is -4.00. The molecule has 0 bridgehead atoms. The number of hydrogen-bond acceptors (Lipinski definition) is 5. The zero-order valence-corrected chi connectivity index (χ0v) is 16.6. The fourth-order valence-corrected chi connectivity index (χ4v) is 4.37. The summed E-state index contributed by atoms with van der Waals surface area (Å²) in [5.41, 5.74) is 1.62. The third kappa shape index (κ3) is 3.48. The monoisotopic (exact) mass is 420 g/mol. The number of carbonyl (C=O) groups is 3. The summed E-state index contributed by atoms with van der Waals surface area (Å²) in [6.45, 7) is 1.37. The van der Waals surface area contributed by atoms with Crippen LogP contribution in [0.4, 0.5) is 11.4 Å². The van der Waals surface area contributed by atoms with E-state index in [1.165, 1.54) is 37.3 Å². The Morgan fingerprint density at radius 2 is 1.27 bits per heavy atom. The molecular weight excluding hydrogens is 404 g/mol. The largest absolute Gasteiger partial charge is 0.326 e. The molecule has 0 aromatic heterocycles. The first-order chi connectivity index (χ1) is 14.3. The molecule has 0 aliphatic heterocycles. The van der Waals surface area contributed by atoms with Crippen LogP contribution in [0.2, 0.25) is 0 Å². The minimum absolute atomic E-state index is 0.0579. The summed E-state index contributed by atoms with van der Waals surface area (Å²) in [5, 5.41) is 2.59. The van der Waals surface area contributed by atoms with Gasteiger partial charge in [-0.1, -0.05) is 24.3 Å². The highest BCUT2D eigenvalue weighted by Gasteiger charge is 2.30. The summed E-state index contributed by atoms with van der Waals surface area (Å²) in [6, 6.07) is 16.5. The molecule has 8 heteroatoms. The number of sulfonamides is 1. The van der Waals surface area contributed by atoms with Crippen molar-refractivity contribution in [1.82, 2.24) is 0 Å². The van der Waals surface area contributed by atoms with Crippen LogP contribution < -0.4 is 10.0 Å². The quantitative estimate of drug-likeness (QED) is 0.527. The van der Waals surface area contributed by atoms with Gasteiger partial charge in [-0.05, 0) is 42.5 Å². The Bertz CT molecular complexity index is 1310. The lowest BCUT2D eigenvalue weighted by Gasteiger charge is -2.18. The van der Waals surface area contributed by atoms with Crippen molar-refractivity contribution < 1.29 is 22.8 Å². The van der Waals surface area contributed by atoms with Gasteiger partial charge in [0.15, 0.2) is 11.6 Å². The van der Waals surface area contributed by atoms with E-state index >= 15 is 0 Å². The smallest absolute Gasteiger partial charge is 0.261 e. The molecule has 4 rings (SSSR count). The second-order valence-corrected chi connectivity index (χ2v) is 8.46. The molecule has 1 aliphatic carbocycles. The van der Waals surface area contributed by atoms with Crippen LogP contribution in [-0.4, -0.2) is 25.9 Å². The van der Waals surface area contributed by atoms with Gasteiger partial charge in [0.05, 0.1) is 4.90 Å². The number of rotatable bonds is 4. The lowest BCUT2D eigenvalue weighted by atomic mass is 9.84. The number of fused-ring (bicyclic) bond motifs is 2. The van der Waals surface area contributed by atoms with Crippen molar-refractivity contribution in [3.05, 3.63) is 89.0 Å². The highest BCUT2D eigenvalue weighted by Crippen LogP contribution is 2.29. The zero-order valence-electron chi connectivity index (χ0n) is 15.8. The first kappa shape index (κ1) is 19.5. The van der Waals surface area contributed by atoms with Crippen LogP contribution in [0.25, 0.3) is 0 Å². The van der Waals surface area contributed by atoms with Crippen LogP contribution in [-0.2, 0) is 14.8 Å². The van der Waals surface area contributed by atoms with Gasteiger partial charge in [0.25, 0.3) is 10.0 Å². The molecule has 3 aromatic rings. The Morgan fingerprint density at radius 1 is 0.733 bits per heavy atom. The molecule has 2 N–H and O–H groups in total. The minimum Gasteiger partial charge on any atom is -0.326 e. The van der Waals surface area contributed by atoms with Crippen LogP contribution in [0.3, 0.4) is 0 Å². The van der Waals surface area contributed by atoms with Crippen molar-refractivity contribution in [3.63, 3.8) is 0 Å². The average molecular weight is 420 g/mol. The van der Waals surface area contributed by atoms with E-state index in [4.69, 9.17) is 0 Å². The number of amides is 1. The van der Waals surface area contributed by atoms with Gasteiger partial charge in [-0.25, -0.2) is 8.42 Å². The highest BCUT2D eigenvalue weighted by atomic mass is 32.2. The van der Waals surface area contributed by atoms with Crippen LogP contribution >= 0.6 is 0 Å². The predicted octanol–water partition coefficient (Wildman–Crippen LogP) is 3.22. The van der Waals surface area contributed by atoms with Crippen molar-refractivity contribution in [2.24, 2.45) is 0 Å². The lowest BCUT2D eigenvalue weighted by molar-refractivity contribution is -0.114. The van der Waals surface area contributed by atoms with E-state index < -0.39 is 15.8 Å². The van der Waals surface area contributed by atoms with Gasteiger partial charge in [-0.2, -0.15) is 0 Å². The van der Waals surface area contributed by atoms with E-state index in [1.807, 2.05) is 0 Å². The highest BCUT2D eigenvalue weighted by molar-refractivity contribution is 7.92. The van der Waals surface area contributed by atoms with Gasteiger partial charge in [0, 0.05) is 40.6 Å². The molecule has 150 valence electrons. The summed E-state index contributed by atoms with van der Waals surface area (Å²) in [6.07, 6.45) is 0. The average Bonchev–Trinajstić information content (AvgIpc) is 2.72. The van der Waals surface area contributed by atoms with E-state index in [9.17, 15) is 22.8 Å². The number of hydrogen-bond donors (Lipinski definition) is 2. The van der Waals surface area contributed by atoms with Crippen molar-refractivity contribution in [3.8, 4) is 0 Å². The molecule has 3 aromatic carbocycles. The Morgan fingerprint density at radius 3 is 1.87 bits per heavy atom. The maximum Gasteiger partial charge on any atom is 0.261 e. The summed E-state index contributed by atoms with van der Waals surface area (Å²) in [4.78, 5) is 36.4. The summed E-state index contributed by atoms with van der Waals surface area (Å²) >= 11 is 0. The molecule has 0 saturated carbocycles. The number of ketones is 2. The molecule has 30 heavy (non-hydrogen) atoms. The second-order valence-electron chi connectivity index (χ2n) is 6.78. The molecular formula is C22H16N2O5S. The Balaban J connectivity index is 1.65. The fraction of sp³-hybridized carbons (Fsp3) is 0.0455. The molecule has 1 amide bonds. The molecule has 0 heterocycles. The van der Waals surface area contributed by atoms with Crippen LogP contribution in [0.5, 0.6) is 0 Å². The lowest BCUT2D eigenvalue weighted by Crippen LogP contribution is -2.22. The summed E-state index contributed by atoms with van der Waals surface area (Å²) < 4.78 is 28.0. The number of benzene rings is 3. The van der Waals surface area contributed by atoms with Gasteiger partial charge in [-0.15, -0.1) is 0 Å². The third-order valence-corrected chi connectivity index (χ3v) is 6.04. The van der Waals surface area contributed by atoms with Gasteiger partial charge in [0.1, 0.15) is 0 Å². The van der Waals surface area contributed by atoms with Crippen LogP contribution in [0, 0.1) is 0 Å². The first-order valence-electron chi connectivity index (χ1n) is 8.99. The SMILES string of the molecule is CC(=O)Nc1ccc(NS(=O)(=O)c2ccc3c(c2)C(=O)c2ccccc2C3=O)cc1. The number of carbonyl (C=O) groups excluding carboxylic acids is 3. The maximum absolute atomic E-state index is 12.8. The van der Waals surface area contributed by atoms with Gasteiger partial charge in [0.2, 0.25) is 5.91 Å². The van der Waals surface area contributed by atoms with Crippen molar-refractivity contribution in [2.45, 2.75) is 11.8 Å². The van der Waals surface area contributed by atoms with E-state index in [0.29, 0.717) is 11.3 Å². The standard InChI is InChI=1S/C22H16N2O5S/c1-13(25)23-14-6-8-15(9-7-14)24-30(28,29)16-10-11-19-20(12-16)22(27)18-5-3-2-4-17(18)21(19)26/h2-12,24H,1H3,(H,23,25). The van der Waals surface area contributed by atoms with Gasteiger partial charge >= 0.3 is 0 Å². The third-order valence-electron chi connectivity index (χ3n) is 4.66. The van der Waals surface area contributed by atoms with Crippen LogP contribution in [0.15, 0.2) is 71.6 Å². The molecule has 0 unspecified atom stereocenters. The first-order valence-corrected chi connectivity index (χ1v) is 10.5. The molecule has 0 atom stereocenters. The minimum atomic E-state index is -4.00. The Hall–Kier alpha value is -3.78. The van der Waals surface area contributed by atoms with Gasteiger partial charge < -0.3 is 5.32 Å². The van der Waals surface area contributed by atoms with Gasteiger partial charge in [-0.3, -0.25) is 19.1 Å². The van der Waals surface area contributed by atoms with E-state index in [0.717, 1.165) is 0 Å². The Labute approximate surface area is 172 Å².